The molecule has 0 aliphatic carbocycles. The highest BCUT2D eigenvalue weighted by atomic mass is 15.3. The van der Waals surface area contributed by atoms with E-state index in [2.05, 4.69) is 181 Å². The maximum atomic E-state index is 4.55. The first-order valence-electron chi connectivity index (χ1n) is 19.9. The fourth-order valence-corrected chi connectivity index (χ4v) is 9.27. The van der Waals surface area contributed by atoms with Crippen molar-refractivity contribution in [3.05, 3.63) is 97.5 Å². The molecule has 0 atom stereocenters. The van der Waals surface area contributed by atoms with Crippen molar-refractivity contribution < 1.29 is 0 Å². The van der Waals surface area contributed by atoms with Gasteiger partial charge in [0.2, 0.25) is 0 Å². The number of nitrogens with one attached hydrogen (secondary N) is 2. The van der Waals surface area contributed by atoms with Crippen molar-refractivity contribution in [2.45, 2.75) is 115 Å². The van der Waals surface area contributed by atoms with Gasteiger partial charge in [-0.15, -0.1) is 20.4 Å². The molecule has 0 amide bonds. The van der Waals surface area contributed by atoms with Crippen LogP contribution in [0.2, 0.25) is 0 Å². The van der Waals surface area contributed by atoms with Crippen LogP contribution in [0, 0.1) is 0 Å². The van der Waals surface area contributed by atoms with Crippen LogP contribution >= 0.6 is 0 Å². The van der Waals surface area contributed by atoms with E-state index >= 15 is 0 Å². The van der Waals surface area contributed by atoms with Crippen LogP contribution in [0.4, 0.5) is 11.6 Å². The highest BCUT2D eigenvalue weighted by Gasteiger charge is 2.40. The molecule has 2 fully saturated rings. The van der Waals surface area contributed by atoms with Crippen molar-refractivity contribution in [3.63, 3.8) is 0 Å². The molecule has 10 nitrogen and oxygen atoms in total. The number of piperidine rings is 2. The van der Waals surface area contributed by atoms with Gasteiger partial charge in [0, 0.05) is 88.8 Å². The van der Waals surface area contributed by atoms with Crippen LogP contribution in [0.25, 0.3) is 44.2 Å². The molecule has 2 saturated heterocycles. The maximum absolute atomic E-state index is 4.55. The minimum atomic E-state index is 0.104. The Bertz CT molecular complexity index is 2090. The quantitative estimate of drug-likeness (QED) is 0.171. The third-order valence-electron chi connectivity index (χ3n) is 11.3. The Morgan fingerprint density at radius 1 is 0.518 bits per heavy atom. The van der Waals surface area contributed by atoms with Gasteiger partial charge in [0.25, 0.3) is 0 Å². The Morgan fingerprint density at radius 2 is 1.02 bits per heavy atom. The van der Waals surface area contributed by atoms with Gasteiger partial charge in [-0.3, -0.25) is 9.97 Å². The van der Waals surface area contributed by atoms with Crippen LogP contribution in [0.1, 0.15) is 81.1 Å². The van der Waals surface area contributed by atoms with Gasteiger partial charge in [-0.05, 0) is 141 Å². The van der Waals surface area contributed by atoms with Crippen LogP contribution in [-0.2, 0) is 0 Å². The van der Waals surface area contributed by atoms with E-state index in [1.165, 1.54) is 5.39 Å². The fraction of sp³-hybridized carbons (Fsp3) is 0.435. The number of rotatable bonds is 6. The zero-order chi connectivity index (χ0) is 39.9. The Balaban J connectivity index is 0.000000172. The van der Waals surface area contributed by atoms with Crippen molar-refractivity contribution >= 4 is 33.3 Å². The van der Waals surface area contributed by atoms with Crippen LogP contribution < -0.4 is 20.4 Å². The van der Waals surface area contributed by atoms with E-state index in [0.717, 1.165) is 76.1 Å². The molecule has 0 radical (unpaired) electrons. The average Bonchev–Trinajstić information content (AvgIpc) is 3.15. The van der Waals surface area contributed by atoms with E-state index in [1.54, 1.807) is 0 Å². The lowest BCUT2D eigenvalue weighted by molar-refractivity contribution is 0.160. The second-order valence-electron chi connectivity index (χ2n) is 18.5. The predicted molar refractivity (Wildman–Crippen MR) is 231 cm³/mol. The summed E-state index contributed by atoms with van der Waals surface area (Å²) in [5, 5.41) is 29.0. The van der Waals surface area contributed by atoms with Gasteiger partial charge in [-0.2, -0.15) is 0 Å². The number of nitrogens with zero attached hydrogens (tertiary/aromatic N) is 8. The normalized spacial score (nSPS) is 18.9. The summed E-state index contributed by atoms with van der Waals surface area (Å²) in [5.74, 6) is 1.84. The van der Waals surface area contributed by atoms with Gasteiger partial charge in [-0.1, -0.05) is 24.3 Å². The van der Waals surface area contributed by atoms with Gasteiger partial charge in [0.1, 0.15) is 0 Å². The molecule has 2 aliphatic heterocycles. The van der Waals surface area contributed by atoms with Gasteiger partial charge in [0.15, 0.2) is 11.6 Å². The molecule has 0 unspecified atom stereocenters. The zero-order valence-corrected chi connectivity index (χ0v) is 34.8. The van der Waals surface area contributed by atoms with Crippen LogP contribution in [0.5, 0.6) is 0 Å². The average molecular weight is 751 g/mol. The minimum Gasteiger partial charge on any atom is -0.355 e. The summed E-state index contributed by atoms with van der Waals surface area (Å²) in [4.78, 5) is 13.2. The largest absolute Gasteiger partial charge is 0.355 e. The second kappa shape index (κ2) is 15.1. The number of pyridine rings is 2. The number of fused-ring (bicyclic) bond motifs is 2. The standard InChI is InChI=1S/2C23H29N5/c1-22(2)13-19(14-23(3,4)27-22)28(5)21-9-8-20(25-26-21)17-7-6-16-10-11-24-15-18(16)12-17;1-22(2)14-18(15-23(3,4)27-22)28(5)21-11-10-20(25-26-21)17-8-9-19-16(13-17)7-6-12-24-19/h6-12,15,19,27H,13-14H2,1-5H3;6-13,18,27H,14-15H2,1-5H3. The van der Waals surface area contributed by atoms with Crippen molar-refractivity contribution in [1.82, 2.24) is 41.0 Å². The van der Waals surface area contributed by atoms with Crippen molar-refractivity contribution in [2.24, 2.45) is 0 Å². The summed E-state index contributed by atoms with van der Waals surface area (Å²) in [5.41, 5.74) is 5.30. The monoisotopic (exact) mass is 750 g/mol. The van der Waals surface area contributed by atoms with Gasteiger partial charge in [0.05, 0.1) is 16.9 Å². The van der Waals surface area contributed by atoms with E-state index in [4.69, 9.17) is 0 Å². The van der Waals surface area contributed by atoms with E-state index in [1.807, 2.05) is 36.8 Å². The van der Waals surface area contributed by atoms with Gasteiger partial charge in [-0.25, -0.2) is 0 Å². The topological polar surface area (TPSA) is 108 Å². The molecule has 292 valence electrons. The third kappa shape index (κ3) is 9.14. The summed E-state index contributed by atoms with van der Waals surface area (Å²) in [6.07, 6.45) is 9.82. The van der Waals surface area contributed by atoms with Crippen molar-refractivity contribution in [2.75, 3.05) is 23.9 Å². The van der Waals surface area contributed by atoms with Crippen LogP contribution in [0.3, 0.4) is 0 Å². The molecule has 2 N–H and O–H groups in total. The van der Waals surface area contributed by atoms with E-state index in [9.17, 15) is 0 Å². The summed E-state index contributed by atoms with van der Waals surface area (Å²) >= 11 is 0. The number of aromatic nitrogens is 6. The van der Waals surface area contributed by atoms with E-state index in [-0.39, 0.29) is 22.2 Å². The SMILES string of the molecule is CN(c1ccc(-c2ccc3ccncc3c2)nn1)C1CC(C)(C)NC(C)(C)C1.CN(c1ccc(-c2ccc3ncccc3c2)nn1)C1CC(C)(C)NC(C)(C)C1. The van der Waals surface area contributed by atoms with Crippen LogP contribution in [0.15, 0.2) is 97.5 Å². The molecule has 56 heavy (non-hydrogen) atoms. The Hall–Kier alpha value is -5.06. The first kappa shape index (κ1) is 39.2. The molecule has 4 aromatic heterocycles. The Kier molecular flexibility index (Phi) is 10.6. The molecule has 6 heterocycles. The highest BCUT2D eigenvalue weighted by molar-refractivity contribution is 5.86. The molecule has 0 saturated carbocycles. The molecule has 6 aromatic rings. The summed E-state index contributed by atoms with van der Waals surface area (Å²) < 4.78 is 0. The number of hydrogen-bond acceptors (Lipinski definition) is 10. The zero-order valence-electron chi connectivity index (χ0n) is 34.8. The summed E-state index contributed by atoms with van der Waals surface area (Å²) in [7, 11) is 4.26. The Labute approximate surface area is 332 Å². The van der Waals surface area contributed by atoms with E-state index < -0.39 is 0 Å². The lowest BCUT2D eigenvalue weighted by Gasteiger charge is -2.49. The molecular weight excluding hydrogens is 693 g/mol. The molecule has 10 heteroatoms. The van der Waals surface area contributed by atoms with Crippen LogP contribution in [-0.4, -0.2) is 78.7 Å². The second-order valence-corrected chi connectivity index (χ2v) is 18.5. The molecule has 0 bridgehead atoms. The number of anilines is 2. The van der Waals surface area contributed by atoms with E-state index in [0.29, 0.717) is 12.1 Å². The maximum Gasteiger partial charge on any atom is 0.151 e. The third-order valence-corrected chi connectivity index (χ3v) is 11.3. The first-order valence-corrected chi connectivity index (χ1v) is 19.9. The molecule has 2 aliphatic rings. The van der Waals surface area contributed by atoms with Crippen molar-refractivity contribution in [3.8, 4) is 22.5 Å². The molecule has 2 aromatic carbocycles. The minimum absolute atomic E-state index is 0.104. The molecule has 8 rings (SSSR count). The molecular formula is C46H58N10. The lowest BCUT2D eigenvalue weighted by atomic mass is 9.79. The van der Waals surface area contributed by atoms with Crippen molar-refractivity contribution in [1.29, 1.82) is 0 Å². The Morgan fingerprint density at radius 3 is 1.52 bits per heavy atom. The fourth-order valence-electron chi connectivity index (χ4n) is 9.27. The number of hydrogen-bond donors (Lipinski definition) is 2. The molecule has 0 spiro atoms. The summed E-state index contributed by atoms with van der Waals surface area (Å²) in [6, 6.07) is 27.7. The van der Waals surface area contributed by atoms with Gasteiger partial charge < -0.3 is 20.4 Å². The summed E-state index contributed by atoms with van der Waals surface area (Å²) in [6.45, 7) is 18.2. The number of benzene rings is 2. The highest BCUT2D eigenvalue weighted by Crippen LogP contribution is 2.34. The van der Waals surface area contributed by atoms with Gasteiger partial charge >= 0.3 is 0 Å². The lowest BCUT2D eigenvalue weighted by Crippen LogP contribution is -2.62. The smallest absolute Gasteiger partial charge is 0.151 e. The predicted octanol–water partition coefficient (Wildman–Crippen LogP) is 8.87. The first-order chi connectivity index (χ1) is 26.4.